The molecule has 16 heavy (non-hydrogen) atoms. The van der Waals surface area contributed by atoms with Crippen molar-refractivity contribution in [3.63, 3.8) is 0 Å². The highest BCUT2D eigenvalue weighted by Gasteiger charge is 2.37. The number of aryl methyl sites for hydroxylation is 1. The van der Waals surface area contributed by atoms with Crippen molar-refractivity contribution in [3.8, 4) is 0 Å². The van der Waals surface area contributed by atoms with E-state index < -0.39 is 6.10 Å². The largest absolute Gasteiger partial charge is 0.386 e. The van der Waals surface area contributed by atoms with Gasteiger partial charge in [0.1, 0.15) is 11.9 Å². The number of hydrogen-bond donors (Lipinski definition) is 2. The van der Waals surface area contributed by atoms with Gasteiger partial charge in [-0.1, -0.05) is 0 Å². The first kappa shape index (κ1) is 11.4. The Hall–Kier alpha value is -1.13. The Balaban J connectivity index is 2.24. The summed E-state index contributed by atoms with van der Waals surface area (Å²) in [7, 11) is 1.63. The van der Waals surface area contributed by atoms with Gasteiger partial charge in [-0.2, -0.15) is 0 Å². The number of aromatic nitrogens is 1. The van der Waals surface area contributed by atoms with E-state index in [-0.39, 0.29) is 6.10 Å². The minimum absolute atomic E-state index is 0.161. The number of anilines is 1. The van der Waals surface area contributed by atoms with Crippen LogP contribution >= 0.6 is 0 Å². The Morgan fingerprint density at radius 2 is 2.25 bits per heavy atom. The van der Waals surface area contributed by atoms with Crippen LogP contribution in [-0.2, 0) is 4.74 Å². The number of hydrogen-bond acceptors (Lipinski definition) is 4. The normalized spacial score (nSPS) is 19.4. The van der Waals surface area contributed by atoms with Crippen molar-refractivity contribution in [2.24, 2.45) is 5.92 Å². The molecule has 0 radical (unpaired) electrons. The highest BCUT2D eigenvalue weighted by molar-refractivity contribution is 5.42. The van der Waals surface area contributed by atoms with E-state index in [1.54, 1.807) is 13.3 Å². The van der Waals surface area contributed by atoms with E-state index in [0.717, 1.165) is 18.4 Å². The molecule has 1 heterocycles. The zero-order valence-electron chi connectivity index (χ0n) is 9.68. The third-order valence-corrected chi connectivity index (χ3v) is 3.07. The van der Waals surface area contributed by atoms with Crippen LogP contribution in [0.1, 0.15) is 30.1 Å². The molecule has 0 saturated heterocycles. The summed E-state index contributed by atoms with van der Waals surface area (Å²) >= 11 is 0. The monoisotopic (exact) mass is 222 g/mol. The molecular weight excluding hydrogens is 204 g/mol. The molecule has 1 aliphatic carbocycles. The first-order valence-corrected chi connectivity index (χ1v) is 5.56. The van der Waals surface area contributed by atoms with Gasteiger partial charge >= 0.3 is 0 Å². The third kappa shape index (κ3) is 2.18. The molecule has 1 fully saturated rings. The lowest BCUT2D eigenvalue weighted by Gasteiger charge is -2.22. The summed E-state index contributed by atoms with van der Waals surface area (Å²) in [6.45, 7) is 1.93. The van der Waals surface area contributed by atoms with Crippen LogP contribution in [0.4, 0.5) is 5.82 Å². The summed E-state index contributed by atoms with van der Waals surface area (Å²) in [5.74, 6) is 0.848. The molecule has 1 saturated carbocycles. The standard InChI is InChI=1S/C12H18N2O2/c1-7-5-9(12(13)14-6-7)10(15)11(16-2)8-3-4-8/h5-6,8,10-11,15H,3-4H2,1-2H3,(H2,13,14). The lowest BCUT2D eigenvalue weighted by Crippen LogP contribution is -2.24. The van der Waals surface area contributed by atoms with Crippen LogP contribution in [0, 0.1) is 12.8 Å². The minimum atomic E-state index is -0.676. The van der Waals surface area contributed by atoms with Crippen LogP contribution in [-0.4, -0.2) is 23.3 Å². The van der Waals surface area contributed by atoms with Gasteiger partial charge in [0.25, 0.3) is 0 Å². The highest BCUT2D eigenvalue weighted by atomic mass is 16.5. The molecule has 1 aromatic heterocycles. The Labute approximate surface area is 95.4 Å². The van der Waals surface area contributed by atoms with Gasteiger partial charge in [-0.25, -0.2) is 4.98 Å². The van der Waals surface area contributed by atoms with Crippen molar-refractivity contribution < 1.29 is 9.84 Å². The number of aliphatic hydroxyl groups excluding tert-OH is 1. The van der Waals surface area contributed by atoms with Crippen LogP contribution in [0.3, 0.4) is 0 Å². The van der Waals surface area contributed by atoms with Crippen LogP contribution in [0.5, 0.6) is 0 Å². The summed E-state index contributed by atoms with van der Waals surface area (Å²) in [6, 6.07) is 1.88. The number of pyridine rings is 1. The molecule has 0 aromatic carbocycles. The van der Waals surface area contributed by atoms with E-state index in [0.29, 0.717) is 17.3 Å². The fourth-order valence-electron chi connectivity index (χ4n) is 2.02. The van der Waals surface area contributed by atoms with Crippen molar-refractivity contribution in [3.05, 3.63) is 23.4 Å². The van der Waals surface area contributed by atoms with E-state index in [1.807, 2.05) is 13.0 Å². The Bertz CT molecular complexity index is 377. The summed E-state index contributed by atoms with van der Waals surface area (Å²) in [6.07, 6.45) is 3.10. The second-order valence-corrected chi connectivity index (χ2v) is 4.47. The number of nitrogens with two attached hydrogens (primary N) is 1. The van der Waals surface area contributed by atoms with E-state index in [4.69, 9.17) is 10.5 Å². The summed E-state index contributed by atoms with van der Waals surface area (Å²) in [5.41, 5.74) is 7.45. The number of aliphatic hydroxyl groups is 1. The SMILES string of the molecule is COC(C1CC1)C(O)c1cc(C)cnc1N. The Morgan fingerprint density at radius 3 is 2.81 bits per heavy atom. The van der Waals surface area contributed by atoms with Gasteiger partial charge in [-0.05, 0) is 37.3 Å². The lowest BCUT2D eigenvalue weighted by atomic mass is 10.0. The molecule has 0 amide bonds. The van der Waals surface area contributed by atoms with E-state index >= 15 is 0 Å². The predicted octanol–water partition coefficient (Wildman–Crippen LogP) is 1.43. The molecule has 2 unspecified atom stereocenters. The van der Waals surface area contributed by atoms with Crippen LogP contribution in [0.2, 0.25) is 0 Å². The van der Waals surface area contributed by atoms with Gasteiger partial charge in [0.2, 0.25) is 0 Å². The molecule has 4 nitrogen and oxygen atoms in total. The van der Waals surface area contributed by atoms with Crippen LogP contribution < -0.4 is 5.73 Å². The first-order chi connectivity index (χ1) is 7.63. The number of rotatable bonds is 4. The van der Waals surface area contributed by atoms with Gasteiger partial charge < -0.3 is 15.6 Å². The smallest absolute Gasteiger partial charge is 0.129 e. The fraction of sp³-hybridized carbons (Fsp3) is 0.583. The van der Waals surface area contributed by atoms with Gasteiger partial charge in [0.15, 0.2) is 0 Å². The maximum atomic E-state index is 10.3. The molecule has 0 spiro atoms. The maximum Gasteiger partial charge on any atom is 0.129 e. The quantitative estimate of drug-likeness (QED) is 0.808. The lowest BCUT2D eigenvalue weighted by molar-refractivity contribution is -0.0257. The number of methoxy groups -OCH3 is 1. The van der Waals surface area contributed by atoms with Gasteiger partial charge in [-0.3, -0.25) is 0 Å². The molecule has 3 N–H and O–H groups in total. The molecule has 1 aromatic rings. The summed E-state index contributed by atoms with van der Waals surface area (Å²) < 4.78 is 5.35. The molecule has 2 rings (SSSR count). The van der Waals surface area contributed by atoms with Gasteiger partial charge in [-0.15, -0.1) is 0 Å². The van der Waals surface area contributed by atoms with E-state index in [9.17, 15) is 5.11 Å². The zero-order valence-corrected chi connectivity index (χ0v) is 9.68. The second-order valence-electron chi connectivity index (χ2n) is 4.47. The topological polar surface area (TPSA) is 68.4 Å². The molecule has 88 valence electrons. The zero-order chi connectivity index (χ0) is 11.7. The van der Waals surface area contributed by atoms with Crippen LogP contribution in [0.25, 0.3) is 0 Å². The van der Waals surface area contributed by atoms with Crippen molar-refractivity contribution in [2.75, 3.05) is 12.8 Å². The van der Waals surface area contributed by atoms with Crippen molar-refractivity contribution in [1.82, 2.24) is 4.98 Å². The summed E-state index contributed by atoms with van der Waals surface area (Å²) in [5, 5.41) is 10.3. The van der Waals surface area contributed by atoms with Crippen molar-refractivity contribution >= 4 is 5.82 Å². The third-order valence-electron chi connectivity index (χ3n) is 3.07. The molecule has 4 heteroatoms. The predicted molar refractivity (Wildman–Crippen MR) is 61.9 cm³/mol. The Morgan fingerprint density at radius 1 is 1.56 bits per heavy atom. The van der Waals surface area contributed by atoms with E-state index in [1.165, 1.54) is 0 Å². The first-order valence-electron chi connectivity index (χ1n) is 5.56. The molecule has 2 atom stereocenters. The molecular formula is C12H18N2O2. The Kier molecular flexibility index (Phi) is 3.12. The van der Waals surface area contributed by atoms with Crippen LogP contribution in [0.15, 0.2) is 12.3 Å². The van der Waals surface area contributed by atoms with Crippen molar-refractivity contribution in [1.29, 1.82) is 0 Å². The van der Waals surface area contributed by atoms with E-state index in [2.05, 4.69) is 4.98 Å². The average molecular weight is 222 g/mol. The molecule has 0 aliphatic heterocycles. The van der Waals surface area contributed by atoms with Gasteiger partial charge in [0.05, 0.1) is 6.10 Å². The summed E-state index contributed by atoms with van der Waals surface area (Å²) in [4.78, 5) is 4.06. The highest BCUT2D eigenvalue weighted by Crippen LogP contribution is 2.40. The van der Waals surface area contributed by atoms with Gasteiger partial charge in [0, 0.05) is 18.9 Å². The second kappa shape index (κ2) is 4.39. The average Bonchev–Trinajstić information content (AvgIpc) is 3.07. The van der Waals surface area contributed by atoms with Crippen molar-refractivity contribution in [2.45, 2.75) is 32.0 Å². The molecule has 1 aliphatic rings. The number of ether oxygens (including phenoxy) is 1. The minimum Gasteiger partial charge on any atom is -0.386 e. The maximum absolute atomic E-state index is 10.3. The number of nitrogen functional groups attached to an aromatic ring is 1. The molecule has 0 bridgehead atoms. The number of nitrogens with zero attached hydrogens (tertiary/aromatic N) is 1. The fourth-order valence-corrected chi connectivity index (χ4v) is 2.02.